The molecule has 0 saturated carbocycles. The highest BCUT2D eigenvalue weighted by molar-refractivity contribution is 6.08. The number of imide groups is 1. The topological polar surface area (TPSA) is 80.3 Å². The van der Waals surface area contributed by atoms with Crippen LogP contribution < -0.4 is 5.32 Å². The average Bonchev–Trinajstić information content (AvgIpc) is 3.24. The largest absolute Gasteiger partial charge is 0.461 e. The first-order valence-corrected chi connectivity index (χ1v) is 10.6. The number of carbonyl (C=O) groups is 3. The van der Waals surface area contributed by atoms with Crippen molar-refractivity contribution in [3.63, 3.8) is 0 Å². The van der Waals surface area contributed by atoms with Crippen molar-refractivity contribution in [3.05, 3.63) is 71.5 Å². The zero-order valence-electron chi connectivity index (χ0n) is 17.6. The van der Waals surface area contributed by atoms with E-state index in [1.807, 2.05) is 35.6 Å². The zero-order chi connectivity index (χ0) is 22.2. The lowest BCUT2D eigenvalue weighted by atomic mass is 9.76. The molecule has 0 bridgehead atoms. The van der Waals surface area contributed by atoms with Gasteiger partial charge in [-0.1, -0.05) is 42.5 Å². The minimum Gasteiger partial charge on any atom is -0.461 e. The summed E-state index contributed by atoms with van der Waals surface area (Å²) in [5, 5.41) is 1.81. The van der Waals surface area contributed by atoms with Crippen molar-refractivity contribution in [1.29, 1.82) is 0 Å². The van der Waals surface area contributed by atoms with Crippen LogP contribution in [0.15, 0.2) is 54.6 Å². The van der Waals surface area contributed by atoms with E-state index in [0.717, 1.165) is 5.56 Å². The normalized spacial score (nSPS) is 27.5. The Morgan fingerprint density at radius 2 is 1.74 bits per heavy atom. The van der Waals surface area contributed by atoms with Crippen molar-refractivity contribution < 1.29 is 28.8 Å². The third kappa shape index (κ3) is 3.43. The van der Waals surface area contributed by atoms with Gasteiger partial charge in [-0.25, -0.2) is 9.18 Å². The summed E-state index contributed by atoms with van der Waals surface area (Å²) in [6.45, 7) is 3.88. The quantitative estimate of drug-likeness (QED) is 0.563. The summed E-state index contributed by atoms with van der Waals surface area (Å²) in [6, 6.07) is 14.8. The third-order valence-electron chi connectivity index (χ3n) is 6.43. The lowest BCUT2D eigenvalue weighted by Crippen LogP contribution is -2.98. The molecule has 2 aliphatic heterocycles. The summed E-state index contributed by atoms with van der Waals surface area (Å²) >= 11 is 0. The number of nitrogens with two attached hydrogens (primary N) is 1. The molecule has 2 heterocycles. The molecule has 2 saturated heterocycles. The van der Waals surface area contributed by atoms with Crippen LogP contribution in [0.2, 0.25) is 0 Å². The third-order valence-corrected chi connectivity index (χ3v) is 6.43. The summed E-state index contributed by atoms with van der Waals surface area (Å²) in [7, 11) is 0. The van der Waals surface area contributed by atoms with Crippen LogP contribution in [0.5, 0.6) is 0 Å². The number of hydrogen-bond acceptors (Lipinski definition) is 4. The van der Waals surface area contributed by atoms with Gasteiger partial charge in [0.05, 0.1) is 6.61 Å². The fraction of sp³-hybridized carbons (Fsp3) is 0.375. The maximum absolute atomic E-state index is 13.6. The number of rotatable bonds is 6. The first kappa shape index (κ1) is 21.2. The van der Waals surface area contributed by atoms with E-state index >= 15 is 0 Å². The summed E-state index contributed by atoms with van der Waals surface area (Å²) < 4.78 is 19.0. The highest BCUT2D eigenvalue weighted by Crippen LogP contribution is 2.45. The molecule has 6 nitrogen and oxygen atoms in total. The van der Waals surface area contributed by atoms with Gasteiger partial charge in [-0.15, -0.1) is 0 Å². The van der Waals surface area contributed by atoms with E-state index in [1.165, 1.54) is 17.0 Å². The molecule has 4 atom stereocenters. The number of hydrogen-bond donors (Lipinski definition) is 1. The van der Waals surface area contributed by atoms with E-state index < -0.39 is 29.4 Å². The number of benzene rings is 2. The van der Waals surface area contributed by atoms with Crippen LogP contribution in [0.3, 0.4) is 0 Å². The molecule has 0 aromatic heterocycles. The second-order valence-corrected chi connectivity index (χ2v) is 8.09. The Bertz CT molecular complexity index is 994. The smallest absolute Gasteiger partial charge is 0.369 e. The molecular weight excluding hydrogens is 399 g/mol. The number of nitrogens with zero attached hydrogens (tertiary/aromatic N) is 1. The SMILES string of the molecule is CCOC(=O)[C@]1(Cc2ccccc2)[NH2+][C@H](c2ccc(F)cc2)[C@@H]2C(=O)N(CC)C(=O)[C@H]21. The summed E-state index contributed by atoms with van der Waals surface area (Å²) in [5.74, 6) is -3.09. The number of esters is 1. The fourth-order valence-electron chi connectivity index (χ4n) is 5.12. The Hall–Kier alpha value is -3.06. The minimum atomic E-state index is -1.28. The van der Waals surface area contributed by atoms with E-state index in [-0.39, 0.29) is 37.2 Å². The molecule has 2 aromatic carbocycles. The molecule has 2 N–H and O–H groups in total. The molecule has 162 valence electrons. The van der Waals surface area contributed by atoms with Crippen LogP contribution in [-0.4, -0.2) is 41.4 Å². The van der Waals surface area contributed by atoms with Crippen LogP contribution in [-0.2, 0) is 25.5 Å². The van der Waals surface area contributed by atoms with Crippen LogP contribution in [0.4, 0.5) is 4.39 Å². The van der Waals surface area contributed by atoms with Crippen LogP contribution in [0.1, 0.15) is 31.0 Å². The van der Waals surface area contributed by atoms with Crippen molar-refractivity contribution in [1.82, 2.24) is 4.90 Å². The molecule has 4 rings (SSSR count). The maximum atomic E-state index is 13.6. The van der Waals surface area contributed by atoms with E-state index in [0.29, 0.717) is 5.56 Å². The van der Waals surface area contributed by atoms with Gasteiger partial charge in [0.1, 0.15) is 23.7 Å². The molecule has 0 spiro atoms. The second kappa shape index (κ2) is 8.23. The summed E-state index contributed by atoms with van der Waals surface area (Å²) in [4.78, 5) is 41.3. The lowest BCUT2D eigenvalue weighted by Gasteiger charge is -2.29. The number of carbonyl (C=O) groups excluding carboxylic acids is 3. The van der Waals surface area contributed by atoms with Crippen LogP contribution in [0, 0.1) is 17.7 Å². The predicted octanol–water partition coefficient (Wildman–Crippen LogP) is 1.61. The van der Waals surface area contributed by atoms with E-state index in [2.05, 4.69) is 0 Å². The Kier molecular flexibility index (Phi) is 5.62. The van der Waals surface area contributed by atoms with Crippen LogP contribution in [0.25, 0.3) is 0 Å². The monoisotopic (exact) mass is 425 g/mol. The predicted molar refractivity (Wildman–Crippen MR) is 110 cm³/mol. The lowest BCUT2D eigenvalue weighted by molar-refractivity contribution is -0.734. The molecule has 2 fully saturated rings. The first-order chi connectivity index (χ1) is 14.9. The number of halogens is 1. The van der Waals surface area contributed by atoms with Gasteiger partial charge in [-0.3, -0.25) is 14.5 Å². The van der Waals surface area contributed by atoms with Gasteiger partial charge in [-0.2, -0.15) is 0 Å². The van der Waals surface area contributed by atoms with Crippen molar-refractivity contribution in [2.24, 2.45) is 11.8 Å². The number of fused-ring (bicyclic) bond motifs is 1. The minimum absolute atomic E-state index is 0.168. The van der Waals surface area contributed by atoms with E-state index in [4.69, 9.17) is 4.74 Å². The molecule has 0 radical (unpaired) electrons. The Morgan fingerprint density at radius 1 is 1.06 bits per heavy atom. The fourth-order valence-corrected chi connectivity index (χ4v) is 5.12. The maximum Gasteiger partial charge on any atom is 0.369 e. The number of ether oxygens (including phenoxy) is 1. The number of quaternary nitrogens is 1. The molecular formula is C24H26FN2O4+. The Morgan fingerprint density at radius 3 is 2.35 bits per heavy atom. The molecule has 31 heavy (non-hydrogen) atoms. The van der Waals surface area contributed by atoms with E-state index in [1.54, 1.807) is 26.0 Å². The van der Waals surface area contributed by atoms with Crippen LogP contribution >= 0.6 is 0 Å². The van der Waals surface area contributed by atoms with Crippen molar-refractivity contribution in [2.45, 2.75) is 31.8 Å². The molecule has 2 amide bonds. The molecule has 0 aliphatic carbocycles. The highest BCUT2D eigenvalue weighted by Gasteiger charge is 2.72. The van der Waals surface area contributed by atoms with E-state index in [9.17, 15) is 18.8 Å². The van der Waals surface area contributed by atoms with Gasteiger partial charge in [0.25, 0.3) is 0 Å². The highest BCUT2D eigenvalue weighted by atomic mass is 19.1. The van der Waals surface area contributed by atoms with Gasteiger partial charge >= 0.3 is 5.97 Å². The molecule has 0 unspecified atom stereocenters. The van der Waals surface area contributed by atoms with Crippen molar-refractivity contribution in [2.75, 3.05) is 13.2 Å². The second-order valence-electron chi connectivity index (χ2n) is 8.09. The summed E-state index contributed by atoms with van der Waals surface area (Å²) in [6.07, 6.45) is 0.252. The van der Waals surface area contributed by atoms with Crippen molar-refractivity contribution in [3.8, 4) is 0 Å². The number of likely N-dealkylation sites (tertiary alicyclic amines) is 1. The van der Waals surface area contributed by atoms with Gasteiger partial charge in [0.15, 0.2) is 0 Å². The Labute approximate surface area is 180 Å². The van der Waals surface area contributed by atoms with Crippen molar-refractivity contribution >= 4 is 17.8 Å². The molecule has 7 heteroatoms. The summed E-state index contributed by atoms with van der Waals surface area (Å²) in [5.41, 5.74) is 0.299. The Balaban J connectivity index is 1.86. The number of amides is 2. The van der Waals surface area contributed by atoms with Gasteiger partial charge in [0, 0.05) is 18.5 Å². The van der Waals surface area contributed by atoms with Gasteiger partial charge < -0.3 is 10.1 Å². The average molecular weight is 425 g/mol. The standard InChI is InChI=1S/C24H25FN2O4/c1-3-27-21(28)18-19(22(27)29)24(23(30)31-4-2,14-15-8-6-5-7-9-15)26-20(18)16-10-12-17(25)13-11-16/h5-13,18-20,26H,3-4,14H2,1-2H3/p+1/t18-,19+,20-,24-/m1/s1. The van der Waals surface area contributed by atoms with Gasteiger partial charge in [0.2, 0.25) is 17.4 Å². The molecule has 2 aromatic rings. The molecule has 2 aliphatic rings. The zero-order valence-corrected chi connectivity index (χ0v) is 17.6. The first-order valence-electron chi connectivity index (χ1n) is 10.6. The van der Waals surface area contributed by atoms with Gasteiger partial charge in [-0.05, 0) is 31.5 Å².